The van der Waals surface area contributed by atoms with E-state index in [-0.39, 0.29) is 0 Å². The van der Waals surface area contributed by atoms with Gasteiger partial charge in [0.1, 0.15) is 11.5 Å². The summed E-state index contributed by atoms with van der Waals surface area (Å²) in [6.07, 6.45) is 3.79. The second-order valence-electron chi connectivity index (χ2n) is 14.7. The van der Waals surface area contributed by atoms with Gasteiger partial charge in [0.15, 0.2) is 0 Å². The van der Waals surface area contributed by atoms with Crippen LogP contribution in [0, 0.1) is 13.8 Å². The maximum atomic E-state index is 7.01. The topological polar surface area (TPSA) is 38.2 Å². The minimum Gasteiger partial charge on any atom is -0.457 e. The van der Waals surface area contributed by atoms with Crippen molar-refractivity contribution in [1.82, 2.24) is 9.97 Å². The third-order valence-corrected chi connectivity index (χ3v) is 11.3. The molecule has 57 heavy (non-hydrogen) atoms. The summed E-state index contributed by atoms with van der Waals surface area (Å²) in [5, 5.41) is 2.25. The van der Waals surface area contributed by atoms with Crippen molar-refractivity contribution in [2.24, 2.45) is 0 Å². The standard InChI is InChI=1S/C53H39N3O/c1-36-16-14-17-37(2)51(36)39-32-40(52-45-23-7-6-18-38(45)29-31-55-52)34-44(33-39)57-43-22-15-19-41(35-43)53(50-28-12-13-30-54-50)46-24-8-10-26-48(46)56(42-20-4-3-5-21-42)49-27-11-9-25-47(49)53/h3-35H,1-2H3. The molecule has 0 spiro atoms. The molecule has 1 aliphatic heterocycles. The minimum absolute atomic E-state index is 0.735. The van der Waals surface area contributed by atoms with E-state index in [2.05, 4.69) is 195 Å². The van der Waals surface area contributed by atoms with Crippen LogP contribution in [0.3, 0.4) is 0 Å². The van der Waals surface area contributed by atoms with Crippen LogP contribution in [-0.2, 0) is 5.41 Å². The van der Waals surface area contributed by atoms with Crippen molar-refractivity contribution >= 4 is 27.8 Å². The largest absolute Gasteiger partial charge is 0.457 e. The number of pyridine rings is 2. The highest BCUT2D eigenvalue weighted by Crippen LogP contribution is 2.57. The summed E-state index contributed by atoms with van der Waals surface area (Å²) in [5.41, 5.74) is 13.5. The van der Waals surface area contributed by atoms with Crippen molar-refractivity contribution in [2.75, 3.05) is 4.90 Å². The summed E-state index contributed by atoms with van der Waals surface area (Å²) in [5.74, 6) is 1.47. The van der Waals surface area contributed by atoms with E-state index >= 15 is 0 Å². The fourth-order valence-corrected chi connectivity index (χ4v) is 8.91. The monoisotopic (exact) mass is 733 g/mol. The van der Waals surface area contributed by atoms with Crippen molar-refractivity contribution in [3.8, 4) is 33.9 Å². The van der Waals surface area contributed by atoms with E-state index in [1.165, 1.54) is 16.7 Å². The Morgan fingerprint density at radius 3 is 1.91 bits per heavy atom. The van der Waals surface area contributed by atoms with Crippen LogP contribution in [0.1, 0.15) is 33.5 Å². The van der Waals surface area contributed by atoms with E-state index < -0.39 is 5.41 Å². The first kappa shape index (κ1) is 34.2. The number of rotatable bonds is 7. The summed E-state index contributed by atoms with van der Waals surface area (Å²) in [6, 6.07) is 66.3. The lowest BCUT2D eigenvalue weighted by molar-refractivity contribution is 0.481. The van der Waals surface area contributed by atoms with Crippen LogP contribution in [0.5, 0.6) is 11.5 Å². The Balaban J connectivity index is 1.17. The van der Waals surface area contributed by atoms with Gasteiger partial charge >= 0.3 is 0 Å². The van der Waals surface area contributed by atoms with Gasteiger partial charge in [0.25, 0.3) is 0 Å². The smallest absolute Gasteiger partial charge is 0.128 e. The predicted molar refractivity (Wildman–Crippen MR) is 233 cm³/mol. The van der Waals surface area contributed by atoms with Crippen LogP contribution < -0.4 is 9.64 Å². The summed E-state index contributed by atoms with van der Waals surface area (Å²) in [6.45, 7) is 4.34. The first-order valence-corrected chi connectivity index (χ1v) is 19.4. The van der Waals surface area contributed by atoms with Crippen molar-refractivity contribution in [2.45, 2.75) is 19.3 Å². The number of benzene rings is 7. The highest BCUT2D eigenvalue weighted by atomic mass is 16.5. The Labute approximate surface area is 333 Å². The number of nitrogens with zero attached hydrogens (tertiary/aromatic N) is 3. The van der Waals surface area contributed by atoms with Gasteiger partial charge in [0, 0.05) is 29.0 Å². The number of fused-ring (bicyclic) bond motifs is 3. The summed E-state index contributed by atoms with van der Waals surface area (Å²) < 4.78 is 7.01. The molecule has 1 aliphatic rings. The second-order valence-corrected chi connectivity index (χ2v) is 14.7. The molecule has 4 heteroatoms. The maximum Gasteiger partial charge on any atom is 0.128 e. The molecule has 272 valence electrons. The Morgan fingerprint density at radius 2 is 1.16 bits per heavy atom. The number of para-hydroxylation sites is 3. The summed E-state index contributed by atoms with van der Waals surface area (Å²) in [7, 11) is 0. The molecule has 2 aromatic heterocycles. The Kier molecular flexibility index (Phi) is 8.45. The van der Waals surface area contributed by atoms with Crippen LogP contribution in [0.25, 0.3) is 33.2 Å². The van der Waals surface area contributed by atoms with Crippen LogP contribution in [-0.4, -0.2) is 9.97 Å². The Bertz CT molecular complexity index is 2850. The van der Waals surface area contributed by atoms with Gasteiger partial charge < -0.3 is 9.64 Å². The SMILES string of the molecule is Cc1cccc(C)c1-c1cc(Oc2cccc(C3(c4ccccn4)c4ccccc4N(c4ccccc4)c4ccccc43)c2)cc(-c2nccc3ccccc23)c1. The quantitative estimate of drug-likeness (QED) is 0.163. The van der Waals surface area contributed by atoms with Gasteiger partial charge in [-0.25, -0.2) is 0 Å². The lowest BCUT2D eigenvalue weighted by Crippen LogP contribution is -2.38. The van der Waals surface area contributed by atoms with Crippen LogP contribution in [0.4, 0.5) is 17.1 Å². The average molecular weight is 734 g/mol. The summed E-state index contributed by atoms with van der Waals surface area (Å²) >= 11 is 0. The highest BCUT2D eigenvalue weighted by Gasteiger charge is 2.47. The number of anilines is 3. The molecular formula is C53H39N3O. The zero-order valence-electron chi connectivity index (χ0n) is 31.8. The molecule has 0 fully saturated rings. The molecule has 0 N–H and O–H groups in total. The second kappa shape index (κ2) is 14.1. The fourth-order valence-electron chi connectivity index (χ4n) is 8.91. The normalized spacial score (nSPS) is 12.8. The van der Waals surface area contributed by atoms with Gasteiger partial charge in [-0.15, -0.1) is 0 Å². The van der Waals surface area contributed by atoms with Gasteiger partial charge in [-0.1, -0.05) is 115 Å². The number of hydrogen-bond acceptors (Lipinski definition) is 4. The molecule has 0 amide bonds. The average Bonchev–Trinajstić information content (AvgIpc) is 3.26. The molecule has 0 aliphatic carbocycles. The lowest BCUT2D eigenvalue weighted by Gasteiger charge is -2.45. The molecule has 0 saturated carbocycles. The van der Waals surface area contributed by atoms with Gasteiger partial charge in [-0.3, -0.25) is 9.97 Å². The van der Waals surface area contributed by atoms with Gasteiger partial charge in [-0.2, -0.15) is 0 Å². The Morgan fingerprint density at radius 1 is 0.491 bits per heavy atom. The molecule has 9 aromatic rings. The van der Waals surface area contributed by atoms with E-state index in [0.29, 0.717) is 0 Å². The number of hydrogen-bond donors (Lipinski definition) is 0. The predicted octanol–water partition coefficient (Wildman–Crippen LogP) is 13.5. The van der Waals surface area contributed by atoms with Crippen LogP contribution >= 0.6 is 0 Å². The lowest BCUT2D eigenvalue weighted by atomic mass is 9.64. The van der Waals surface area contributed by atoms with E-state index in [1.54, 1.807) is 0 Å². The zero-order chi connectivity index (χ0) is 38.3. The van der Waals surface area contributed by atoms with E-state index in [1.807, 2.05) is 24.5 Å². The van der Waals surface area contributed by atoms with Crippen molar-refractivity contribution in [1.29, 1.82) is 0 Å². The molecule has 0 saturated heterocycles. The molecule has 4 nitrogen and oxygen atoms in total. The molecule has 10 rings (SSSR count). The number of ether oxygens (including phenoxy) is 1. The number of aryl methyl sites for hydroxylation is 2. The van der Waals surface area contributed by atoms with E-state index in [9.17, 15) is 0 Å². The van der Waals surface area contributed by atoms with Crippen LogP contribution in [0.15, 0.2) is 200 Å². The molecule has 3 heterocycles. The molecule has 0 bridgehead atoms. The van der Waals surface area contributed by atoms with Crippen molar-refractivity contribution in [3.63, 3.8) is 0 Å². The third-order valence-electron chi connectivity index (χ3n) is 11.3. The highest BCUT2D eigenvalue weighted by molar-refractivity contribution is 5.96. The molecule has 7 aromatic carbocycles. The first-order valence-electron chi connectivity index (χ1n) is 19.4. The maximum absolute atomic E-state index is 7.01. The fraction of sp³-hybridized carbons (Fsp3) is 0.0566. The van der Waals surface area contributed by atoms with Gasteiger partial charge in [0.2, 0.25) is 0 Å². The Hall–Kier alpha value is -7.30. The van der Waals surface area contributed by atoms with Gasteiger partial charge in [-0.05, 0) is 131 Å². The zero-order valence-corrected chi connectivity index (χ0v) is 31.8. The van der Waals surface area contributed by atoms with Crippen molar-refractivity contribution in [3.05, 3.63) is 234 Å². The molecule has 0 atom stereocenters. The van der Waals surface area contributed by atoms with E-state index in [0.717, 1.165) is 78.5 Å². The van der Waals surface area contributed by atoms with Crippen LogP contribution in [0.2, 0.25) is 0 Å². The van der Waals surface area contributed by atoms with Gasteiger partial charge in [0.05, 0.1) is 28.2 Å². The third kappa shape index (κ3) is 5.77. The minimum atomic E-state index is -0.753. The van der Waals surface area contributed by atoms with Crippen molar-refractivity contribution < 1.29 is 4.74 Å². The molecule has 0 radical (unpaired) electrons. The molecule has 0 unspecified atom stereocenters. The van der Waals surface area contributed by atoms with E-state index in [4.69, 9.17) is 14.7 Å². The summed E-state index contributed by atoms with van der Waals surface area (Å²) in [4.78, 5) is 12.4. The number of aromatic nitrogens is 2. The first-order chi connectivity index (χ1) is 28.1. The molecular weight excluding hydrogens is 695 g/mol.